The number of halogens is 3. The summed E-state index contributed by atoms with van der Waals surface area (Å²) in [4.78, 5) is 31.3. The Morgan fingerprint density at radius 2 is 1.92 bits per heavy atom. The Balaban J connectivity index is 1.82. The van der Waals surface area contributed by atoms with Crippen LogP contribution in [0, 0.1) is 11.6 Å². The lowest BCUT2D eigenvalue weighted by Crippen LogP contribution is -2.59. The minimum Gasteiger partial charge on any atom is -0.325 e. The van der Waals surface area contributed by atoms with Crippen molar-refractivity contribution in [2.24, 2.45) is 0 Å². The van der Waals surface area contributed by atoms with Crippen LogP contribution in [0.4, 0.5) is 14.6 Å². The Morgan fingerprint density at radius 3 is 2.56 bits per heavy atom. The van der Waals surface area contributed by atoms with Crippen molar-refractivity contribution in [3.8, 4) is 0 Å². The summed E-state index contributed by atoms with van der Waals surface area (Å²) in [5.74, 6) is -2.18. The molecular formula is C17H14ClF2N3O2. The van der Waals surface area contributed by atoms with Crippen LogP contribution in [0.2, 0.25) is 5.02 Å². The van der Waals surface area contributed by atoms with Crippen molar-refractivity contribution in [2.75, 3.05) is 11.4 Å². The standard InChI is InChI=1S/C17H14ClF2N3O2/c1-10-17(25)23(16-14(20)6-12(18)7-21-16)9-15(24)22(10)8-11-2-4-13(19)5-3-11/h2-7,10H,8-9H2,1H3/t10-/m0/s1. The maximum atomic E-state index is 14.0. The number of pyridine rings is 1. The van der Waals surface area contributed by atoms with Crippen molar-refractivity contribution in [1.82, 2.24) is 9.88 Å². The van der Waals surface area contributed by atoms with Crippen LogP contribution >= 0.6 is 11.6 Å². The van der Waals surface area contributed by atoms with E-state index in [-0.39, 0.29) is 35.7 Å². The molecule has 2 aromatic rings. The van der Waals surface area contributed by atoms with E-state index in [1.165, 1.54) is 23.2 Å². The number of carbonyl (C=O) groups excluding carboxylic acids is 2. The van der Waals surface area contributed by atoms with Gasteiger partial charge < -0.3 is 4.90 Å². The van der Waals surface area contributed by atoms with Crippen LogP contribution in [0.15, 0.2) is 36.5 Å². The van der Waals surface area contributed by atoms with Crippen molar-refractivity contribution < 1.29 is 18.4 Å². The fourth-order valence-electron chi connectivity index (χ4n) is 2.68. The molecule has 0 N–H and O–H groups in total. The summed E-state index contributed by atoms with van der Waals surface area (Å²) in [7, 11) is 0. The number of hydrogen-bond acceptors (Lipinski definition) is 3. The molecule has 1 atom stereocenters. The van der Waals surface area contributed by atoms with Gasteiger partial charge in [0.1, 0.15) is 18.4 Å². The molecule has 0 saturated carbocycles. The average molecular weight is 366 g/mol. The molecule has 8 heteroatoms. The molecule has 2 heterocycles. The van der Waals surface area contributed by atoms with Crippen LogP contribution in [0.3, 0.4) is 0 Å². The Morgan fingerprint density at radius 1 is 1.24 bits per heavy atom. The molecule has 1 saturated heterocycles. The van der Waals surface area contributed by atoms with Crippen molar-refractivity contribution in [3.05, 3.63) is 58.7 Å². The number of benzene rings is 1. The van der Waals surface area contributed by atoms with Gasteiger partial charge in [-0.3, -0.25) is 14.5 Å². The molecule has 1 aromatic carbocycles. The highest BCUT2D eigenvalue weighted by Crippen LogP contribution is 2.24. The molecule has 3 rings (SSSR count). The molecule has 0 bridgehead atoms. The Hall–Kier alpha value is -2.54. The fraction of sp³-hybridized carbons (Fsp3) is 0.235. The summed E-state index contributed by atoms with van der Waals surface area (Å²) < 4.78 is 27.0. The molecule has 0 radical (unpaired) electrons. The third-order valence-corrected chi connectivity index (χ3v) is 4.22. The van der Waals surface area contributed by atoms with Gasteiger partial charge in [0.15, 0.2) is 11.6 Å². The van der Waals surface area contributed by atoms with E-state index in [0.29, 0.717) is 5.56 Å². The zero-order valence-corrected chi connectivity index (χ0v) is 14.0. The average Bonchev–Trinajstić information content (AvgIpc) is 2.57. The maximum Gasteiger partial charge on any atom is 0.251 e. The number of hydrogen-bond donors (Lipinski definition) is 0. The lowest BCUT2D eigenvalue weighted by Gasteiger charge is -2.38. The van der Waals surface area contributed by atoms with Crippen LogP contribution in [0.1, 0.15) is 12.5 Å². The second-order valence-corrected chi connectivity index (χ2v) is 6.14. The van der Waals surface area contributed by atoms with E-state index in [2.05, 4.69) is 4.98 Å². The second kappa shape index (κ2) is 6.76. The highest BCUT2D eigenvalue weighted by molar-refractivity contribution is 6.30. The largest absolute Gasteiger partial charge is 0.325 e. The van der Waals surface area contributed by atoms with Crippen LogP contribution < -0.4 is 4.90 Å². The molecule has 5 nitrogen and oxygen atoms in total. The third-order valence-electron chi connectivity index (χ3n) is 4.01. The van der Waals surface area contributed by atoms with E-state index in [9.17, 15) is 18.4 Å². The summed E-state index contributed by atoms with van der Waals surface area (Å²) in [6.07, 6.45) is 1.22. The third kappa shape index (κ3) is 3.46. The molecule has 0 aliphatic carbocycles. The van der Waals surface area contributed by atoms with Gasteiger partial charge in [-0.15, -0.1) is 0 Å². The van der Waals surface area contributed by atoms with Crippen LogP contribution in [-0.2, 0) is 16.1 Å². The van der Waals surface area contributed by atoms with Gasteiger partial charge in [-0.2, -0.15) is 0 Å². The number of anilines is 1. The van der Waals surface area contributed by atoms with Gasteiger partial charge in [0, 0.05) is 12.7 Å². The number of nitrogens with zero attached hydrogens (tertiary/aromatic N) is 3. The first-order valence-electron chi connectivity index (χ1n) is 7.53. The molecular weight excluding hydrogens is 352 g/mol. The highest BCUT2D eigenvalue weighted by Gasteiger charge is 2.38. The van der Waals surface area contributed by atoms with Gasteiger partial charge in [-0.1, -0.05) is 23.7 Å². The van der Waals surface area contributed by atoms with Gasteiger partial charge >= 0.3 is 0 Å². The van der Waals surface area contributed by atoms with Gasteiger partial charge in [0.25, 0.3) is 5.91 Å². The number of rotatable bonds is 3. The molecule has 1 aliphatic heterocycles. The predicted molar refractivity (Wildman–Crippen MR) is 88.0 cm³/mol. The molecule has 1 aliphatic rings. The minimum absolute atomic E-state index is 0.100. The van der Waals surface area contributed by atoms with Crippen molar-refractivity contribution in [2.45, 2.75) is 19.5 Å². The van der Waals surface area contributed by atoms with Gasteiger partial charge in [-0.25, -0.2) is 13.8 Å². The second-order valence-electron chi connectivity index (χ2n) is 5.71. The smallest absolute Gasteiger partial charge is 0.251 e. The first-order valence-corrected chi connectivity index (χ1v) is 7.91. The minimum atomic E-state index is -0.803. The lowest BCUT2D eigenvalue weighted by atomic mass is 10.1. The number of piperazine rings is 1. The van der Waals surface area contributed by atoms with E-state index in [0.717, 1.165) is 11.0 Å². The van der Waals surface area contributed by atoms with Crippen LogP contribution in [0.25, 0.3) is 0 Å². The van der Waals surface area contributed by atoms with Gasteiger partial charge in [0.05, 0.1) is 5.02 Å². The zero-order valence-electron chi connectivity index (χ0n) is 13.2. The fourth-order valence-corrected chi connectivity index (χ4v) is 2.82. The number of aromatic nitrogens is 1. The zero-order chi connectivity index (χ0) is 18.1. The number of carbonyl (C=O) groups is 2. The monoisotopic (exact) mass is 365 g/mol. The van der Waals surface area contributed by atoms with Crippen molar-refractivity contribution in [3.63, 3.8) is 0 Å². The lowest BCUT2D eigenvalue weighted by molar-refractivity contribution is -0.143. The molecule has 1 fully saturated rings. The molecule has 25 heavy (non-hydrogen) atoms. The van der Waals surface area contributed by atoms with Crippen molar-refractivity contribution >= 4 is 29.2 Å². The topological polar surface area (TPSA) is 53.5 Å². The highest BCUT2D eigenvalue weighted by atomic mass is 35.5. The number of amides is 2. The quantitative estimate of drug-likeness (QED) is 0.840. The molecule has 1 aromatic heterocycles. The summed E-state index contributed by atoms with van der Waals surface area (Å²) in [6, 6.07) is 5.91. The van der Waals surface area contributed by atoms with Gasteiger partial charge in [0.2, 0.25) is 5.91 Å². The molecule has 0 unspecified atom stereocenters. The predicted octanol–water partition coefficient (Wildman–Crippen LogP) is 2.78. The first kappa shape index (κ1) is 17.3. The molecule has 2 amide bonds. The van der Waals surface area contributed by atoms with E-state index in [1.54, 1.807) is 19.1 Å². The summed E-state index contributed by atoms with van der Waals surface area (Å²) >= 11 is 5.67. The van der Waals surface area contributed by atoms with Crippen molar-refractivity contribution in [1.29, 1.82) is 0 Å². The Bertz CT molecular complexity index is 829. The van der Waals surface area contributed by atoms with Gasteiger partial charge in [-0.05, 0) is 30.7 Å². The summed E-state index contributed by atoms with van der Waals surface area (Å²) in [6.45, 7) is 1.40. The normalized spacial score (nSPS) is 18.0. The Kier molecular flexibility index (Phi) is 4.67. The van der Waals surface area contributed by atoms with Crippen LogP contribution in [0.5, 0.6) is 0 Å². The van der Waals surface area contributed by atoms with E-state index >= 15 is 0 Å². The summed E-state index contributed by atoms with van der Waals surface area (Å²) in [5.41, 5.74) is 0.693. The van der Waals surface area contributed by atoms with E-state index < -0.39 is 17.8 Å². The maximum absolute atomic E-state index is 14.0. The molecule has 130 valence electrons. The molecule has 0 spiro atoms. The van der Waals surface area contributed by atoms with Crippen LogP contribution in [-0.4, -0.2) is 34.3 Å². The SMILES string of the molecule is C[C@H]1C(=O)N(c2ncc(Cl)cc2F)CC(=O)N1Cc1ccc(F)cc1. The van der Waals surface area contributed by atoms with E-state index in [1.807, 2.05) is 0 Å². The first-order chi connectivity index (χ1) is 11.9. The Labute approximate surface area is 147 Å². The summed E-state index contributed by atoms with van der Waals surface area (Å²) in [5, 5.41) is 0.100. The van der Waals surface area contributed by atoms with E-state index in [4.69, 9.17) is 11.6 Å².